The molecule has 0 spiro atoms. The zero-order valence-corrected chi connectivity index (χ0v) is 22.0. The first-order valence-corrected chi connectivity index (χ1v) is 10.9. The maximum absolute atomic E-state index is 9.04. The first-order valence-electron chi connectivity index (χ1n) is 10.9. The molecule has 33 heavy (non-hydrogen) atoms. The molecule has 0 heterocycles. The third-order valence-corrected chi connectivity index (χ3v) is 3.60. The summed E-state index contributed by atoms with van der Waals surface area (Å²) in [6, 6.07) is 21.1. The molecule has 3 aromatic rings. The van der Waals surface area contributed by atoms with Gasteiger partial charge in [0.2, 0.25) is 0 Å². The van der Waals surface area contributed by atoms with Crippen molar-refractivity contribution in [2.45, 2.75) is 62.3 Å². The van der Waals surface area contributed by atoms with Crippen molar-refractivity contribution in [3.05, 3.63) is 94.5 Å². The topological polar surface area (TPSA) is 74.6 Å². The molecule has 0 aromatic heterocycles. The van der Waals surface area contributed by atoms with E-state index in [0.29, 0.717) is 11.5 Å². The molecule has 0 aliphatic carbocycles. The minimum Gasteiger partial charge on any atom is -0.508 e. The second kappa shape index (κ2) is 26.6. The van der Waals surface area contributed by atoms with Crippen molar-refractivity contribution in [2.24, 2.45) is 0 Å². The average molecular weight is 457 g/mol. The van der Waals surface area contributed by atoms with Crippen molar-refractivity contribution in [2.75, 3.05) is 0 Å². The lowest BCUT2D eigenvalue weighted by Gasteiger charge is -1.97. The van der Waals surface area contributed by atoms with Gasteiger partial charge in [0.1, 0.15) is 25.1 Å². The van der Waals surface area contributed by atoms with Crippen LogP contribution in [0.3, 0.4) is 0 Å². The summed E-state index contributed by atoms with van der Waals surface area (Å²) in [6.45, 7) is 22.1. The molecule has 0 aliphatic rings. The lowest BCUT2D eigenvalue weighted by molar-refractivity contribution is -0.0987. The maximum atomic E-state index is 9.04. The van der Waals surface area contributed by atoms with E-state index in [1.54, 1.807) is 18.2 Å². The molecular weight excluding hydrogens is 412 g/mol. The highest BCUT2D eigenvalue weighted by Gasteiger charge is 1.91. The molecule has 3 rings (SSSR count). The van der Waals surface area contributed by atoms with Crippen LogP contribution in [0.4, 0.5) is 0 Å². The molecule has 3 aromatic carbocycles. The number of phenols is 2. The molecular formula is C29H44O4. The fourth-order valence-electron chi connectivity index (χ4n) is 1.99. The molecule has 4 heteroatoms. The molecule has 0 bridgehead atoms. The van der Waals surface area contributed by atoms with E-state index >= 15 is 0 Å². The van der Waals surface area contributed by atoms with E-state index in [-0.39, 0.29) is 0 Å². The molecule has 0 radical (unpaired) electrons. The van der Waals surface area contributed by atoms with Gasteiger partial charge in [0.15, 0.2) is 0 Å². The zero-order chi connectivity index (χ0) is 26.8. The number of hydrogen-bond donors (Lipinski definition) is 2. The number of carbonyl (C=O) groups excluding carboxylic acids is 2. The van der Waals surface area contributed by atoms with Crippen LogP contribution in [0.2, 0.25) is 0 Å². The fraction of sp³-hybridized carbons (Fsp3) is 0.310. The monoisotopic (exact) mass is 456 g/mol. The summed E-state index contributed by atoms with van der Waals surface area (Å²) >= 11 is 0. The molecule has 0 aliphatic heterocycles. The van der Waals surface area contributed by atoms with E-state index in [9.17, 15) is 0 Å². The van der Waals surface area contributed by atoms with Gasteiger partial charge in [-0.15, -0.1) is 0 Å². The number of aromatic hydroxyl groups is 2. The van der Waals surface area contributed by atoms with Crippen LogP contribution in [0.5, 0.6) is 11.5 Å². The lowest BCUT2D eigenvalue weighted by atomic mass is 10.1. The second-order valence-electron chi connectivity index (χ2n) is 6.28. The Bertz CT molecular complexity index is 707. The van der Waals surface area contributed by atoms with Crippen LogP contribution < -0.4 is 0 Å². The number of benzene rings is 3. The highest BCUT2D eigenvalue weighted by atomic mass is 16.3. The van der Waals surface area contributed by atoms with Gasteiger partial charge in [-0.1, -0.05) is 98.5 Å². The highest BCUT2D eigenvalue weighted by molar-refractivity contribution is 5.34. The van der Waals surface area contributed by atoms with Crippen molar-refractivity contribution >= 4 is 13.6 Å². The first kappa shape index (κ1) is 36.9. The van der Waals surface area contributed by atoms with Gasteiger partial charge in [0.05, 0.1) is 0 Å². The van der Waals surface area contributed by atoms with Crippen LogP contribution >= 0.6 is 0 Å². The third kappa shape index (κ3) is 23.1. The molecule has 0 atom stereocenters. The van der Waals surface area contributed by atoms with Gasteiger partial charge in [0.25, 0.3) is 0 Å². The summed E-state index contributed by atoms with van der Waals surface area (Å²) in [5, 5.41) is 17.8. The Kier molecular flexibility index (Phi) is 29.8. The van der Waals surface area contributed by atoms with E-state index < -0.39 is 0 Å². The molecule has 4 nitrogen and oxygen atoms in total. The SMILES string of the molecule is C=O.C=O.CC.CC.Cc1ccc(C)cc1.Cc1ccc(O)c(C)c1.Cc1ccc(O)cc1. The number of phenolic OH excluding ortho intramolecular Hbond substituents is 2. The predicted molar refractivity (Wildman–Crippen MR) is 143 cm³/mol. The molecule has 184 valence electrons. The van der Waals surface area contributed by atoms with Gasteiger partial charge < -0.3 is 19.8 Å². The van der Waals surface area contributed by atoms with E-state index in [2.05, 4.69) is 38.1 Å². The second-order valence-corrected chi connectivity index (χ2v) is 6.28. The first-order chi connectivity index (χ1) is 15.8. The summed E-state index contributed by atoms with van der Waals surface area (Å²) in [6.07, 6.45) is 0. The Morgan fingerprint density at radius 3 is 1.00 bits per heavy atom. The Morgan fingerprint density at radius 2 is 0.758 bits per heavy atom. The van der Waals surface area contributed by atoms with Crippen molar-refractivity contribution in [3.63, 3.8) is 0 Å². The molecule has 0 unspecified atom stereocenters. The van der Waals surface area contributed by atoms with Crippen LogP contribution in [-0.2, 0) is 9.59 Å². The Labute approximate surface area is 202 Å². The lowest BCUT2D eigenvalue weighted by Crippen LogP contribution is -1.75. The van der Waals surface area contributed by atoms with Crippen LogP contribution in [0, 0.1) is 34.6 Å². The third-order valence-electron chi connectivity index (χ3n) is 3.60. The minimum absolute atomic E-state index is 0.329. The van der Waals surface area contributed by atoms with Crippen LogP contribution in [0.15, 0.2) is 66.7 Å². The molecule has 2 N–H and O–H groups in total. The quantitative estimate of drug-likeness (QED) is 0.363. The van der Waals surface area contributed by atoms with Gasteiger partial charge in [0, 0.05) is 0 Å². The maximum Gasteiger partial charge on any atom is 0.118 e. The summed E-state index contributed by atoms with van der Waals surface area (Å²) in [4.78, 5) is 16.0. The van der Waals surface area contributed by atoms with Crippen molar-refractivity contribution in [3.8, 4) is 11.5 Å². The molecule has 0 saturated carbocycles. The van der Waals surface area contributed by atoms with E-state index in [1.165, 1.54) is 22.3 Å². The van der Waals surface area contributed by atoms with Gasteiger partial charge in [-0.25, -0.2) is 0 Å². The fourth-order valence-corrected chi connectivity index (χ4v) is 1.99. The number of aryl methyl sites for hydroxylation is 5. The van der Waals surface area contributed by atoms with Gasteiger partial charge in [-0.2, -0.15) is 0 Å². The largest absolute Gasteiger partial charge is 0.508 e. The molecule has 0 amide bonds. The van der Waals surface area contributed by atoms with Gasteiger partial charge in [-0.3, -0.25) is 0 Å². The van der Waals surface area contributed by atoms with Crippen molar-refractivity contribution < 1.29 is 19.8 Å². The number of rotatable bonds is 0. The summed E-state index contributed by atoms with van der Waals surface area (Å²) < 4.78 is 0. The van der Waals surface area contributed by atoms with Crippen molar-refractivity contribution in [1.29, 1.82) is 0 Å². The molecule has 0 saturated heterocycles. The molecule has 0 fully saturated rings. The average Bonchev–Trinajstić information content (AvgIpc) is 2.86. The van der Waals surface area contributed by atoms with E-state index in [1.807, 2.05) is 86.3 Å². The normalized spacial score (nSPS) is 7.67. The van der Waals surface area contributed by atoms with Crippen LogP contribution in [0.25, 0.3) is 0 Å². The predicted octanol–water partition coefficient (Wildman–Crippen LogP) is 7.70. The van der Waals surface area contributed by atoms with Crippen LogP contribution in [0.1, 0.15) is 55.5 Å². The van der Waals surface area contributed by atoms with Gasteiger partial charge in [-0.05, 0) is 58.4 Å². The minimum atomic E-state index is 0.329. The number of hydrogen-bond acceptors (Lipinski definition) is 4. The van der Waals surface area contributed by atoms with Crippen molar-refractivity contribution in [1.82, 2.24) is 0 Å². The van der Waals surface area contributed by atoms with E-state index in [0.717, 1.165) is 5.56 Å². The zero-order valence-electron chi connectivity index (χ0n) is 22.0. The van der Waals surface area contributed by atoms with Gasteiger partial charge >= 0.3 is 0 Å². The smallest absolute Gasteiger partial charge is 0.118 e. The highest BCUT2D eigenvalue weighted by Crippen LogP contribution is 2.15. The number of carbonyl (C=O) groups is 2. The Hall–Kier alpha value is -3.40. The summed E-state index contributed by atoms with van der Waals surface area (Å²) in [7, 11) is 0. The van der Waals surface area contributed by atoms with Crippen LogP contribution in [-0.4, -0.2) is 23.8 Å². The van der Waals surface area contributed by atoms with E-state index in [4.69, 9.17) is 19.8 Å². The Balaban J connectivity index is -0.000000166. The Morgan fingerprint density at radius 1 is 0.485 bits per heavy atom. The summed E-state index contributed by atoms with van der Waals surface area (Å²) in [5.41, 5.74) is 5.95. The summed E-state index contributed by atoms with van der Waals surface area (Å²) in [5.74, 6) is 0.705. The standard InChI is InChI=1S/C8H10O.C8H10.C7H8O.2C2H6.2CH2O/c1-6-3-4-8(9)7(2)5-6;1-7-3-5-8(2)6-4-7;1-6-2-4-7(8)5-3-6;4*1-2/h3-5,9H,1-2H3;3-6H,1-2H3;2-5,8H,1H3;2*1-2H3;2*1H2.